The van der Waals surface area contributed by atoms with Gasteiger partial charge in [0.15, 0.2) is 8.32 Å². The van der Waals surface area contributed by atoms with E-state index in [1.807, 2.05) is 0 Å². The van der Waals surface area contributed by atoms with Crippen LogP contribution in [0.1, 0.15) is 46.6 Å². The minimum Gasteiger partial charge on any atom is -0.475 e. The predicted octanol–water partition coefficient (Wildman–Crippen LogP) is 6.78. The molecular weight excluding hydrogens is 477 g/mol. The Hall–Kier alpha value is -2.26. The molecule has 3 aromatic rings. The maximum absolute atomic E-state index is 6.79. The van der Waals surface area contributed by atoms with Crippen molar-refractivity contribution in [2.45, 2.75) is 70.8 Å². The standard InChI is InChI=1S/C31H40NO2PSi/c1-30(2,3)36(6,7)34-31(4,5)22-24-23-33-29(32-24)27-20-14-15-21-28(27)35(25-16-10-8-11-17-25)26-18-12-9-13-19-26/h8-21,24H,22-23H2,1-7H3/t24-/m0/s1. The third kappa shape index (κ3) is 6.17. The number of benzene rings is 3. The van der Waals surface area contributed by atoms with E-state index in [-0.39, 0.29) is 16.7 Å². The number of rotatable bonds is 8. The van der Waals surface area contributed by atoms with Gasteiger partial charge in [0, 0.05) is 12.0 Å². The zero-order chi connectivity index (χ0) is 26.0. The second-order valence-electron chi connectivity index (χ2n) is 11.7. The van der Waals surface area contributed by atoms with Crippen molar-refractivity contribution in [2.24, 2.45) is 4.99 Å². The zero-order valence-electron chi connectivity index (χ0n) is 22.8. The molecule has 0 unspecified atom stereocenters. The van der Waals surface area contributed by atoms with Crippen LogP contribution in [0.3, 0.4) is 0 Å². The van der Waals surface area contributed by atoms with E-state index in [0.29, 0.717) is 6.61 Å². The molecule has 0 aromatic heterocycles. The average Bonchev–Trinajstić information content (AvgIpc) is 3.27. The van der Waals surface area contributed by atoms with Crippen molar-refractivity contribution in [1.29, 1.82) is 0 Å². The van der Waals surface area contributed by atoms with Gasteiger partial charge in [0.05, 0.1) is 11.6 Å². The molecule has 0 saturated heterocycles. The van der Waals surface area contributed by atoms with Gasteiger partial charge in [-0.1, -0.05) is 99.6 Å². The third-order valence-electron chi connectivity index (χ3n) is 7.18. The summed E-state index contributed by atoms with van der Waals surface area (Å²) in [5, 5.41) is 4.10. The van der Waals surface area contributed by atoms with Crippen LogP contribution in [0.25, 0.3) is 0 Å². The lowest BCUT2D eigenvalue weighted by Crippen LogP contribution is -2.48. The minimum atomic E-state index is -1.88. The molecule has 0 bridgehead atoms. The van der Waals surface area contributed by atoms with E-state index in [2.05, 4.69) is 133 Å². The Kier molecular flexibility index (Phi) is 7.90. The first-order valence-corrected chi connectivity index (χ1v) is 17.1. The number of ether oxygens (including phenoxy) is 1. The molecule has 0 spiro atoms. The van der Waals surface area contributed by atoms with Crippen LogP contribution in [-0.2, 0) is 9.16 Å². The highest BCUT2D eigenvalue weighted by molar-refractivity contribution is 7.80. The lowest BCUT2D eigenvalue weighted by atomic mass is 10.0. The summed E-state index contributed by atoms with van der Waals surface area (Å²) in [6.45, 7) is 16.5. The van der Waals surface area contributed by atoms with Gasteiger partial charge in [0.2, 0.25) is 5.90 Å². The fourth-order valence-corrected chi connectivity index (χ4v) is 8.76. The first kappa shape index (κ1) is 26.8. The topological polar surface area (TPSA) is 30.8 Å². The van der Waals surface area contributed by atoms with E-state index in [9.17, 15) is 0 Å². The lowest BCUT2D eigenvalue weighted by Gasteiger charge is -2.43. The van der Waals surface area contributed by atoms with Gasteiger partial charge in [0.1, 0.15) is 6.61 Å². The van der Waals surface area contributed by atoms with Gasteiger partial charge in [-0.25, -0.2) is 4.99 Å². The quantitative estimate of drug-likeness (QED) is 0.244. The summed E-state index contributed by atoms with van der Waals surface area (Å²) >= 11 is 0. The molecule has 1 atom stereocenters. The summed E-state index contributed by atoms with van der Waals surface area (Å²) in [5.74, 6) is 0.762. The van der Waals surface area contributed by atoms with Crippen LogP contribution in [0.2, 0.25) is 18.1 Å². The second-order valence-corrected chi connectivity index (χ2v) is 18.7. The predicted molar refractivity (Wildman–Crippen MR) is 158 cm³/mol. The van der Waals surface area contributed by atoms with E-state index in [4.69, 9.17) is 14.2 Å². The Morgan fingerprint density at radius 2 is 1.36 bits per heavy atom. The smallest absolute Gasteiger partial charge is 0.217 e. The summed E-state index contributed by atoms with van der Waals surface area (Å²) in [7, 11) is -2.61. The van der Waals surface area contributed by atoms with Crippen LogP contribution in [0.5, 0.6) is 0 Å². The van der Waals surface area contributed by atoms with Crippen LogP contribution in [0.4, 0.5) is 0 Å². The summed E-state index contributed by atoms with van der Waals surface area (Å²) in [5.41, 5.74) is 0.845. The van der Waals surface area contributed by atoms with Gasteiger partial charge < -0.3 is 9.16 Å². The molecule has 3 aromatic carbocycles. The van der Waals surface area contributed by atoms with E-state index < -0.39 is 16.2 Å². The van der Waals surface area contributed by atoms with E-state index in [1.165, 1.54) is 15.9 Å². The van der Waals surface area contributed by atoms with Crippen molar-refractivity contribution in [1.82, 2.24) is 0 Å². The Morgan fingerprint density at radius 1 is 0.833 bits per heavy atom. The average molecular weight is 518 g/mol. The van der Waals surface area contributed by atoms with E-state index >= 15 is 0 Å². The first-order chi connectivity index (χ1) is 17.0. The van der Waals surface area contributed by atoms with Gasteiger partial charge in [-0.3, -0.25) is 0 Å². The lowest BCUT2D eigenvalue weighted by molar-refractivity contribution is 0.0717. The van der Waals surface area contributed by atoms with Crippen molar-refractivity contribution < 1.29 is 9.16 Å². The molecule has 190 valence electrons. The minimum absolute atomic E-state index is 0.0903. The van der Waals surface area contributed by atoms with E-state index in [0.717, 1.165) is 17.9 Å². The number of nitrogens with zero attached hydrogens (tertiary/aromatic N) is 1. The summed E-state index contributed by atoms with van der Waals surface area (Å²) < 4.78 is 13.1. The molecule has 0 N–H and O–H groups in total. The van der Waals surface area contributed by atoms with Gasteiger partial charge in [-0.2, -0.15) is 0 Å². The highest BCUT2D eigenvalue weighted by Crippen LogP contribution is 2.40. The van der Waals surface area contributed by atoms with Crippen LogP contribution in [0, 0.1) is 0 Å². The first-order valence-electron chi connectivity index (χ1n) is 12.9. The monoisotopic (exact) mass is 517 g/mol. The summed E-state index contributed by atoms with van der Waals surface area (Å²) in [6, 6.07) is 30.3. The Morgan fingerprint density at radius 3 is 1.92 bits per heavy atom. The second kappa shape index (κ2) is 10.6. The molecule has 5 heteroatoms. The van der Waals surface area contributed by atoms with Crippen molar-refractivity contribution in [3.8, 4) is 0 Å². The highest BCUT2D eigenvalue weighted by Gasteiger charge is 2.42. The Bertz CT molecular complexity index is 1150. The molecule has 0 saturated carbocycles. The zero-order valence-corrected chi connectivity index (χ0v) is 24.7. The van der Waals surface area contributed by atoms with Crippen molar-refractivity contribution >= 4 is 38.1 Å². The maximum atomic E-state index is 6.79. The van der Waals surface area contributed by atoms with Gasteiger partial charge in [0.25, 0.3) is 0 Å². The number of hydrogen-bond acceptors (Lipinski definition) is 3. The van der Waals surface area contributed by atoms with Crippen molar-refractivity contribution in [2.75, 3.05) is 6.61 Å². The summed E-state index contributed by atoms with van der Waals surface area (Å²) in [6.07, 6.45) is 0.845. The summed E-state index contributed by atoms with van der Waals surface area (Å²) in [4.78, 5) is 5.11. The van der Waals surface area contributed by atoms with Crippen molar-refractivity contribution in [3.63, 3.8) is 0 Å². The molecular formula is C31H40NO2PSi. The Labute approximate surface area is 219 Å². The third-order valence-corrected chi connectivity index (χ3v) is 14.4. The molecule has 4 rings (SSSR count). The molecule has 1 aliphatic rings. The van der Waals surface area contributed by atoms with Crippen LogP contribution < -0.4 is 15.9 Å². The molecule has 0 amide bonds. The van der Waals surface area contributed by atoms with E-state index in [1.54, 1.807) is 0 Å². The maximum Gasteiger partial charge on any atom is 0.217 e. The SMILES string of the molecule is CC(C)(C[C@H]1COC(c2ccccc2P(c2ccccc2)c2ccccc2)=N1)O[Si](C)(C)C(C)(C)C. The fraction of sp³-hybridized carbons (Fsp3) is 0.387. The molecule has 1 heterocycles. The largest absolute Gasteiger partial charge is 0.475 e. The normalized spacial score (nSPS) is 16.7. The fourth-order valence-electron chi connectivity index (χ4n) is 4.55. The van der Waals surface area contributed by atoms with Crippen LogP contribution in [0.15, 0.2) is 89.9 Å². The molecule has 0 fully saturated rings. The van der Waals surface area contributed by atoms with Crippen LogP contribution in [-0.4, -0.2) is 32.5 Å². The molecule has 0 aliphatic carbocycles. The molecule has 3 nitrogen and oxygen atoms in total. The highest BCUT2D eigenvalue weighted by atomic mass is 31.1. The number of aliphatic imine (C=N–C) groups is 1. The van der Waals surface area contributed by atoms with Gasteiger partial charge in [-0.15, -0.1) is 0 Å². The van der Waals surface area contributed by atoms with Gasteiger partial charge >= 0.3 is 0 Å². The molecule has 0 radical (unpaired) electrons. The molecule has 1 aliphatic heterocycles. The van der Waals surface area contributed by atoms with Crippen LogP contribution >= 0.6 is 7.92 Å². The number of hydrogen-bond donors (Lipinski definition) is 0. The van der Waals surface area contributed by atoms with Gasteiger partial charge in [-0.05, 0) is 61.9 Å². The molecule has 36 heavy (non-hydrogen) atoms. The Balaban J connectivity index is 1.64. The van der Waals surface area contributed by atoms with Crippen molar-refractivity contribution in [3.05, 3.63) is 90.5 Å².